The second-order valence-corrected chi connectivity index (χ2v) is 5.55. The Bertz CT molecular complexity index is 456. The number of benzene rings is 1. The lowest BCUT2D eigenvalue weighted by Gasteiger charge is -2.25. The molecule has 0 spiro atoms. The summed E-state index contributed by atoms with van der Waals surface area (Å²) in [5.41, 5.74) is 1.71. The van der Waals surface area contributed by atoms with Crippen molar-refractivity contribution in [1.29, 1.82) is 0 Å². The minimum absolute atomic E-state index is 0.114. The highest BCUT2D eigenvalue weighted by molar-refractivity contribution is 5.99. The van der Waals surface area contributed by atoms with Crippen LogP contribution in [0, 0.1) is 5.92 Å². The third-order valence-electron chi connectivity index (χ3n) is 3.89. The molecule has 1 fully saturated rings. The van der Waals surface area contributed by atoms with Crippen molar-refractivity contribution in [3.05, 3.63) is 29.8 Å². The smallest absolute Gasteiger partial charge is 0.255 e. The molecule has 1 aromatic rings. The van der Waals surface area contributed by atoms with Crippen molar-refractivity contribution >= 4 is 11.6 Å². The maximum atomic E-state index is 12.8. The average Bonchev–Trinajstić information content (AvgIpc) is 3.03. The van der Waals surface area contributed by atoms with Crippen LogP contribution in [0.4, 0.5) is 5.69 Å². The van der Waals surface area contributed by atoms with Gasteiger partial charge in [0, 0.05) is 37.8 Å². The molecule has 1 aromatic carbocycles. The van der Waals surface area contributed by atoms with E-state index in [1.54, 1.807) is 0 Å². The van der Waals surface area contributed by atoms with Crippen LogP contribution in [0.25, 0.3) is 0 Å². The number of carbonyl (C=O) groups is 1. The van der Waals surface area contributed by atoms with Gasteiger partial charge >= 0.3 is 0 Å². The molecule has 0 saturated carbocycles. The van der Waals surface area contributed by atoms with Crippen LogP contribution in [-0.4, -0.2) is 43.7 Å². The van der Waals surface area contributed by atoms with Gasteiger partial charge in [0.05, 0.1) is 12.2 Å². The van der Waals surface area contributed by atoms with Crippen molar-refractivity contribution in [3.63, 3.8) is 0 Å². The van der Waals surface area contributed by atoms with Gasteiger partial charge in [0.15, 0.2) is 0 Å². The summed E-state index contributed by atoms with van der Waals surface area (Å²) in [5, 5.41) is 3.34. The van der Waals surface area contributed by atoms with Gasteiger partial charge < -0.3 is 15.0 Å². The molecule has 0 bridgehead atoms. The van der Waals surface area contributed by atoms with Gasteiger partial charge in [-0.1, -0.05) is 19.1 Å². The van der Waals surface area contributed by atoms with Gasteiger partial charge in [-0.05, 0) is 31.9 Å². The van der Waals surface area contributed by atoms with Gasteiger partial charge in [-0.25, -0.2) is 0 Å². The zero-order valence-corrected chi connectivity index (χ0v) is 13.1. The Labute approximate surface area is 127 Å². The average molecular weight is 290 g/mol. The maximum Gasteiger partial charge on any atom is 0.255 e. The van der Waals surface area contributed by atoms with Gasteiger partial charge in [-0.2, -0.15) is 0 Å². The lowest BCUT2D eigenvalue weighted by molar-refractivity contribution is 0.0732. The van der Waals surface area contributed by atoms with Crippen LogP contribution >= 0.6 is 0 Å². The fraction of sp³-hybridized carbons (Fsp3) is 0.588. The minimum atomic E-state index is 0.114. The first-order chi connectivity index (χ1) is 10.3. The molecule has 1 heterocycles. The standard InChI is InChI=1S/C17H26N2O2/c1-3-10-18-16-8-6-5-7-15(16)17(20)19(4-2)12-14-9-11-21-13-14/h5-8,14,18H,3-4,9-13H2,1-2H3. The Hall–Kier alpha value is -1.55. The van der Waals surface area contributed by atoms with Crippen LogP contribution in [0.5, 0.6) is 0 Å². The fourth-order valence-electron chi connectivity index (χ4n) is 2.65. The van der Waals surface area contributed by atoms with Crippen LogP contribution in [0.15, 0.2) is 24.3 Å². The molecular weight excluding hydrogens is 264 g/mol. The molecule has 0 aliphatic carbocycles. The van der Waals surface area contributed by atoms with Gasteiger partial charge in [0.25, 0.3) is 5.91 Å². The highest BCUT2D eigenvalue weighted by Gasteiger charge is 2.23. The largest absolute Gasteiger partial charge is 0.384 e. The Morgan fingerprint density at radius 1 is 1.38 bits per heavy atom. The first kappa shape index (κ1) is 15.8. The minimum Gasteiger partial charge on any atom is -0.384 e. The van der Waals surface area contributed by atoms with E-state index in [1.807, 2.05) is 36.1 Å². The van der Waals surface area contributed by atoms with Crippen LogP contribution in [0.3, 0.4) is 0 Å². The Kier molecular flexibility index (Phi) is 6.05. The van der Waals surface area contributed by atoms with E-state index < -0.39 is 0 Å². The zero-order chi connectivity index (χ0) is 15.1. The van der Waals surface area contributed by atoms with Crippen molar-refractivity contribution in [2.45, 2.75) is 26.7 Å². The van der Waals surface area contributed by atoms with Crippen molar-refractivity contribution in [2.75, 3.05) is 38.2 Å². The molecule has 2 rings (SSSR count). The molecule has 1 unspecified atom stereocenters. The van der Waals surface area contributed by atoms with E-state index in [2.05, 4.69) is 12.2 Å². The van der Waals surface area contributed by atoms with E-state index in [9.17, 15) is 4.79 Å². The lowest BCUT2D eigenvalue weighted by atomic mass is 10.1. The number of hydrogen-bond donors (Lipinski definition) is 1. The normalized spacial score (nSPS) is 17.7. The predicted octanol–water partition coefficient (Wildman–Crippen LogP) is 3.01. The molecule has 4 heteroatoms. The molecule has 21 heavy (non-hydrogen) atoms. The summed E-state index contributed by atoms with van der Waals surface area (Å²) in [6.45, 7) is 8.16. The second kappa shape index (κ2) is 8.03. The zero-order valence-electron chi connectivity index (χ0n) is 13.1. The number of para-hydroxylation sites is 1. The summed E-state index contributed by atoms with van der Waals surface area (Å²) in [6.07, 6.45) is 2.10. The fourth-order valence-corrected chi connectivity index (χ4v) is 2.65. The van der Waals surface area contributed by atoms with Gasteiger partial charge in [-0.15, -0.1) is 0 Å². The molecule has 116 valence electrons. The number of anilines is 1. The summed E-state index contributed by atoms with van der Waals surface area (Å²) < 4.78 is 5.41. The van der Waals surface area contributed by atoms with E-state index in [-0.39, 0.29) is 5.91 Å². The van der Waals surface area contributed by atoms with Gasteiger partial charge in [-0.3, -0.25) is 4.79 Å². The van der Waals surface area contributed by atoms with Crippen LogP contribution in [-0.2, 0) is 4.74 Å². The summed E-state index contributed by atoms with van der Waals surface area (Å²) in [7, 11) is 0. The number of amides is 1. The Morgan fingerprint density at radius 3 is 2.86 bits per heavy atom. The Morgan fingerprint density at radius 2 is 2.19 bits per heavy atom. The number of ether oxygens (including phenoxy) is 1. The number of nitrogens with zero attached hydrogens (tertiary/aromatic N) is 1. The third kappa shape index (κ3) is 4.21. The summed E-state index contributed by atoms with van der Waals surface area (Å²) in [6, 6.07) is 7.79. The first-order valence-electron chi connectivity index (χ1n) is 7.96. The molecule has 1 amide bonds. The quantitative estimate of drug-likeness (QED) is 0.839. The monoisotopic (exact) mass is 290 g/mol. The Balaban J connectivity index is 2.08. The van der Waals surface area contributed by atoms with E-state index in [4.69, 9.17) is 4.74 Å². The topological polar surface area (TPSA) is 41.6 Å². The van der Waals surface area contributed by atoms with Crippen LogP contribution < -0.4 is 5.32 Å². The van der Waals surface area contributed by atoms with Crippen molar-refractivity contribution in [1.82, 2.24) is 4.90 Å². The van der Waals surface area contributed by atoms with Gasteiger partial charge in [0.1, 0.15) is 0 Å². The second-order valence-electron chi connectivity index (χ2n) is 5.55. The van der Waals surface area contributed by atoms with E-state index in [0.717, 1.165) is 56.9 Å². The van der Waals surface area contributed by atoms with Crippen molar-refractivity contribution in [2.24, 2.45) is 5.92 Å². The summed E-state index contributed by atoms with van der Waals surface area (Å²) in [5.74, 6) is 0.591. The highest BCUT2D eigenvalue weighted by Crippen LogP contribution is 2.20. The van der Waals surface area contributed by atoms with Crippen LogP contribution in [0.2, 0.25) is 0 Å². The number of hydrogen-bond acceptors (Lipinski definition) is 3. The number of carbonyl (C=O) groups excluding carboxylic acids is 1. The van der Waals surface area contributed by atoms with E-state index in [1.165, 1.54) is 0 Å². The lowest BCUT2D eigenvalue weighted by Crippen LogP contribution is -2.35. The van der Waals surface area contributed by atoms with Crippen LogP contribution in [0.1, 0.15) is 37.0 Å². The van der Waals surface area contributed by atoms with E-state index in [0.29, 0.717) is 5.92 Å². The maximum absolute atomic E-state index is 12.8. The molecular formula is C17H26N2O2. The molecule has 0 aromatic heterocycles. The van der Waals surface area contributed by atoms with Crippen molar-refractivity contribution in [3.8, 4) is 0 Å². The molecule has 4 nitrogen and oxygen atoms in total. The highest BCUT2D eigenvalue weighted by atomic mass is 16.5. The predicted molar refractivity (Wildman–Crippen MR) is 85.7 cm³/mol. The third-order valence-corrected chi connectivity index (χ3v) is 3.89. The molecule has 1 atom stereocenters. The summed E-state index contributed by atoms with van der Waals surface area (Å²) in [4.78, 5) is 14.7. The molecule has 1 saturated heterocycles. The van der Waals surface area contributed by atoms with E-state index >= 15 is 0 Å². The molecule has 0 radical (unpaired) electrons. The molecule has 1 aliphatic heterocycles. The SMILES string of the molecule is CCCNc1ccccc1C(=O)N(CC)CC1CCOC1. The summed E-state index contributed by atoms with van der Waals surface area (Å²) >= 11 is 0. The molecule has 1 N–H and O–H groups in total. The molecule has 1 aliphatic rings. The number of rotatable bonds is 7. The van der Waals surface area contributed by atoms with Gasteiger partial charge in [0.2, 0.25) is 0 Å². The van der Waals surface area contributed by atoms with Crippen molar-refractivity contribution < 1.29 is 9.53 Å². The number of nitrogens with one attached hydrogen (secondary N) is 1. The first-order valence-corrected chi connectivity index (χ1v) is 7.96.